The van der Waals surface area contributed by atoms with Crippen LogP contribution in [0.1, 0.15) is 18.2 Å². The first kappa shape index (κ1) is 17.5. The fourth-order valence-electron chi connectivity index (χ4n) is 2.02. The molecular weight excluding hydrogens is 306 g/mol. The van der Waals surface area contributed by atoms with Crippen LogP contribution in [0.4, 0.5) is 4.79 Å². The molecule has 2 rings (SSSR count). The van der Waals surface area contributed by atoms with Crippen LogP contribution >= 0.6 is 0 Å². The third-order valence-electron chi connectivity index (χ3n) is 3.35. The largest absolute Gasteiger partial charge is 0.445 e. The number of amides is 2. The summed E-state index contributed by atoms with van der Waals surface area (Å²) < 4.78 is 5.08. The molecule has 6 heteroatoms. The number of pyridine rings is 1. The van der Waals surface area contributed by atoms with Gasteiger partial charge >= 0.3 is 6.09 Å². The monoisotopic (exact) mass is 327 g/mol. The Balaban J connectivity index is 1.66. The average molecular weight is 327 g/mol. The molecule has 0 bridgehead atoms. The number of hydrogen-bond donors (Lipinski definition) is 2. The maximum atomic E-state index is 11.9. The summed E-state index contributed by atoms with van der Waals surface area (Å²) >= 11 is 0. The zero-order valence-corrected chi connectivity index (χ0v) is 13.6. The third kappa shape index (κ3) is 6.08. The van der Waals surface area contributed by atoms with Crippen LogP contribution in [0.25, 0.3) is 0 Å². The van der Waals surface area contributed by atoms with Crippen LogP contribution in [0.5, 0.6) is 0 Å². The Morgan fingerprint density at radius 1 is 1.12 bits per heavy atom. The maximum Gasteiger partial charge on any atom is 0.408 e. The van der Waals surface area contributed by atoms with E-state index >= 15 is 0 Å². The van der Waals surface area contributed by atoms with E-state index < -0.39 is 12.1 Å². The molecule has 2 amide bonds. The lowest BCUT2D eigenvalue weighted by Gasteiger charge is -2.14. The highest BCUT2D eigenvalue weighted by atomic mass is 16.5. The molecule has 1 aromatic carbocycles. The van der Waals surface area contributed by atoms with Gasteiger partial charge in [-0.1, -0.05) is 36.4 Å². The molecule has 0 unspecified atom stereocenters. The molecule has 2 aromatic rings. The SMILES string of the molecule is C[C@H](NC(=O)OCc1ccccc1)C(=O)NCCc1ccccn1. The van der Waals surface area contributed by atoms with E-state index in [9.17, 15) is 9.59 Å². The van der Waals surface area contributed by atoms with E-state index in [4.69, 9.17) is 4.74 Å². The van der Waals surface area contributed by atoms with Crippen LogP contribution in [0.15, 0.2) is 54.7 Å². The topological polar surface area (TPSA) is 80.3 Å². The van der Waals surface area contributed by atoms with E-state index in [0.29, 0.717) is 13.0 Å². The van der Waals surface area contributed by atoms with Crippen LogP contribution in [-0.4, -0.2) is 29.6 Å². The van der Waals surface area contributed by atoms with Gasteiger partial charge in [0.25, 0.3) is 0 Å². The number of nitrogens with one attached hydrogen (secondary N) is 2. The number of hydrogen-bond acceptors (Lipinski definition) is 4. The number of benzene rings is 1. The van der Waals surface area contributed by atoms with Crippen molar-refractivity contribution >= 4 is 12.0 Å². The van der Waals surface area contributed by atoms with Crippen molar-refractivity contribution < 1.29 is 14.3 Å². The molecule has 0 saturated carbocycles. The quantitative estimate of drug-likeness (QED) is 0.816. The Morgan fingerprint density at radius 3 is 2.58 bits per heavy atom. The maximum absolute atomic E-state index is 11.9. The molecule has 0 aliphatic rings. The normalized spacial score (nSPS) is 11.4. The summed E-state index contributed by atoms with van der Waals surface area (Å²) in [5.41, 5.74) is 1.79. The molecule has 0 aliphatic heterocycles. The predicted molar refractivity (Wildman–Crippen MR) is 90.2 cm³/mol. The number of nitrogens with zero attached hydrogens (tertiary/aromatic N) is 1. The first-order valence-electron chi connectivity index (χ1n) is 7.80. The van der Waals surface area contributed by atoms with Gasteiger partial charge in [-0.05, 0) is 24.6 Å². The zero-order chi connectivity index (χ0) is 17.2. The highest BCUT2D eigenvalue weighted by molar-refractivity contribution is 5.85. The lowest BCUT2D eigenvalue weighted by molar-refractivity contribution is -0.122. The van der Waals surface area contributed by atoms with Crippen LogP contribution in [0.3, 0.4) is 0 Å². The van der Waals surface area contributed by atoms with E-state index in [1.54, 1.807) is 13.1 Å². The fraction of sp³-hybridized carbons (Fsp3) is 0.278. The molecule has 1 aromatic heterocycles. The van der Waals surface area contributed by atoms with Crippen molar-refractivity contribution in [2.75, 3.05) is 6.54 Å². The van der Waals surface area contributed by atoms with Crippen molar-refractivity contribution in [3.8, 4) is 0 Å². The third-order valence-corrected chi connectivity index (χ3v) is 3.35. The molecular formula is C18H21N3O3. The molecule has 0 aliphatic carbocycles. The number of aromatic nitrogens is 1. The van der Waals surface area contributed by atoms with Gasteiger partial charge in [0, 0.05) is 24.9 Å². The summed E-state index contributed by atoms with van der Waals surface area (Å²) in [7, 11) is 0. The van der Waals surface area contributed by atoms with Crippen molar-refractivity contribution in [3.63, 3.8) is 0 Å². The second-order valence-electron chi connectivity index (χ2n) is 5.29. The van der Waals surface area contributed by atoms with Gasteiger partial charge < -0.3 is 15.4 Å². The van der Waals surface area contributed by atoms with Crippen molar-refractivity contribution in [1.82, 2.24) is 15.6 Å². The van der Waals surface area contributed by atoms with Gasteiger partial charge in [0.2, 0.25) is 5.91 Å². The summed E-state index contributed by atoms with van der Waals surface area (Å²) in [6.45, 7) is 2.24. The lowest BCUT2D eigenvalue weighted by atomic mass is 10.2. The van der Waals surface area contributed by atoms with E-state index in [1.165, 1.54) is 0 Å². The van der Waals surface area contributed by atoms with Gasteiger partial charge in [0.15, 0.2) is 0 Å². The summed E-state index contributed by atoms with van der Waals surface area (Å²) in [6, 6.07) is 14.3. The smallest absolute Gasteiger partial charge is 0.408 e. The highest BCUT2D eigenvalue weighted by Gasteiger charge is 2.15. The second-order valence-corrected chi connectivity index (χ2v) is 5.29. The van der Waals surface area contributed by atoms with Gasteiger partial charge in [0.1, 0.15) is 12.6 Å². The van der Waals surface area contributed by atoms with Crippen molar-refractivity contribution in [2.24, 2.45) is 0 Å². The Morgan fingerprint density at radius 2 is 1.88 bits per heavy atom. The van der Waals surface area contributed by atoms with Crippen LogP contribution in [0.2, 0.25) is 0 Å². The summed E-state index contributed by atoms with van der Waals surface area (Å²) in [5.74, 6) is -0.261. The Hall–Kier alpha value is -2.89. The van der Waals surface area contributed by atoms with Crippen molar-refractivity contribution in [2.45, 2.75) is 26.0 Å². The van der Waals surface area contributed by atoms with Gasteiger partial charge in [-0.3, -0.25) is 9.78 Å². The van der Waals surface area contributed by atoms with Gasteiger partial charge in [-0.2, -0.15) is 0 Å². The first-order chi connectivity index (χ1) is 11.6. The number of alkyl carbamates (subject to hydrolysis) is 1. The van der Waals surface area contributed by atoms with Crippen LogP contribution < -0.4 is 10.6 Å². The molecule has 6 nitrogen and oxygen atoms in total. The molecule has 24 heavy (non-hydrogen) atoms. The van der Waals surface area contributed by atoms with Gasteiger partial charge in [-0.15, -0.1) is 0 Å². The molecule has 0 fully saturated rings. The number of ether oxygens (including phenoxy) is 1. The standard InChI is InChI=1S/C18H21N3O3/c1-14(17(22)20-12-10-16-9-5-6-11-19-16)21-18(23)24-13-15-7-3-2-4-8-15/h2-9,11,14H,10,12-13H2,1H3,(H,20,22)(H,21,23)/t14-/m0/s1. The second kappa shape index (κ2) is 9.29. The van der Waals surface area contributed by atoms with E-state index in [0.717, 1.165) is 11.3 Å². The molecule has 0 saturated heterocycles. The Labute approximate surface area is 141 Å². The minimum absolute atomic E-state index is 0.167. The fourth-order valence-corrected chi connectivity index (χ4v) is 2.02. The number of rotatable bonds is 7. The lowest BCUT2D eigenvalue weighted by Crippen LogP contribution is -2.45. The zero-order valence-electron chi connectivity index (χ0n) is 13.6. The van der Waals surface area contributed by atoms with Crippen molar-refractivity contribution in [3.05, 3.63) is 66.0 Å². The average Bonchev–Trinajstić information content (AvgIpc) is 2.61. The molecule has 2 N–H and O–H groups in total. The summed E-state index contributed by atoms with van der Waals surface area (Å²) in [4.78, 5) is 27.8. The molecule has 0 spiro atoms. The van der Waals surface area contributed by atoms with Crippen molar-refractivity contribution in [1.29, 1.82) is 0 Å². The Kier molecular flexibility index (Phi) is 6.76. The highest BCUT2D eigenvalue weighted by Crippen LogP contribution is 2.00. The minimum Gasteiger partial charge on any atom is -0.445 e. The number of carbonyl (C=O) groups is 2. The van der Waals surface area contributed by atoms with E-state index in [-0.39, 0.29) is 12.5 Å². The van der Waals surface area contributed by atoms with E-state index in [2.05, 4.69) is 15.6 Å². The van der Waals surface area contributed by atoms with Gasteiger partial charge in [-0.25, -0.2) is 4.79 Å². The predicted octanol–water partition coefficient (Wildman–Crippen LogP) is 2.06. The molecule has 0 radical (unpaired) electrons. The van der Waals surface area contributed by atoms with E-state index in [1.807, 2.05) is 48.5 Å². The minimum atomic E-state index is -0.669. The number of carbonyl (C=O) groups excluding carboxylic acids is 2. The summed E-state index contributed by atoms with van der Waals surface area (Å²) in [5, 5.41) is 5.27. The molecule has 1 atom stereocenters. The summed E-state index contributed by atoms with van der Waals surface area (Å²) in [6.07, 6.45) is 1.73. The molecule has 1 heterocycles. The first-order valence-corrected chi connectivity index (χ1v) is 7.80. The van der Waals surface area contributed by atoms with Crippen LogP contribution in [0, 0.1) is 0 Å². The Bertz CT molecular complexity index is 647. The van der Waals surface area contributed by atoms with Crippen LogP contribution in [-0.2, 0) is 22.6 Å². The van der Waals surface area contributed by atoms with Gasteiger partial charge in [0.05, 0.1) is 0 Å². The molecule has 126 valence electrons.